The molecule has 245 valence electrons. The van der Waals surface area contributed by atoms with Crippen LogP contribution < -0.4 is 0 Å². The second-order valence-corrected chi connectivity index (χ2v) is 13.8. The highest BCUT2D eigenvalue weighted by atomic mass is 14.1. The van der Waals surface area contributed by atoms with Crippen molar-refractivity contribution in [2.45, 2.75) is 233 Å². The van der Waals surface area contributed by atoms with Gasteiger partial charge in [-0.25, -0.2) is 0 Å². The van der Waals surface area contributed by atoms with E-state index < -0.39 is 0 Å². The van der Waals surface area contributed by atoms with Crippen LogP contribution in [-0.4, -0.2) is 0 Å². The second-order valence-electron chi connectivity index (χ2n) is 13.8. The zero-order valence-electron chi connectivity index (χ0n) is 29.5. The molecule has 0 atom stereocenters. The van der Waals surface area contributed by atoms with E-state index in [4.69, 9.17) is 0 Å². The van der Waals surface area contributed by atoms with Gasteiger partial charge in [0.25, 0.3) is 0 Å². The van der Waals surface area contributed by atoms with Crippen molar-refractivity contribution in [3.8, 4) is 0 Å². The van der Waals surface area contributed by atoms with Crippen LogP contribution in [0.25, 0.3) is 0 Å². The number of rotatable bonds is 33. The minimum absolute atomic E-state index is 1.28. The van der Waals surface area contributed by atoms with Crippen LogP contribution in [0, 0.1) is 6.07 Å². The molecular weight excluding hydrogens is 504 g/mol. The summed E-state index contributed by atoms with van der Waals surface area (Å²) in [7, 11) is 0. The molecule has 0 N–H and O–H groups in total. The third-order valence-corrected chi connectivity index (χ3v) is 9.67. The lowest BCUT2D eigenvalue weighted by Crippen LogP contribution is -2.02. The summed E-state index contributed by atoms with van der Waals surface area (Å²) in [4.78, 5) is 0. The second kappa shape index (κ2) is 31.6. The highest BCUT2D eigenvalue weighted by molar-refractivity contribution is 5.35. The van der Waals surface area contributed by atoms with Crippen molar-refractivity contribution in [1.82, 2.24) is 0 Å². The Morgan fingerprint density at radius 3 is 0.833 bits per heavy atom. The fraction of sp³-hybridized carbons (Fsp3) is 0.857. The first-order chi connectivity index (χ1) is 20.8. The van der Waals surface area contributed by atoms with E-state index in [9.17, 15) is 0 Å². The Morgan fingerprint density at radius 2 is 0.548 bits per heavy atom. The van der Waals surface area contributed by atoms with Gasteiger partial charge < -0.3 is 0 Å². The third-order valence-electron chi connectivity index (χ3n) is 9.67. The van der Waals surface area contributed by atoms with E-state index >= 15 is 0 Å². The first-order valence-electron chi connectivity index (χ1n) is 19.8. The van der Waals surface area contributed by atoms with Crippen molar-refractivity contribution < 1.29 is 0 Å². The topological polar surface area (TPSA) is 0 Å². The maximum absolute atomic E-state index is 3.58. The number of unbranched alkanes of at least 4 members (excludes halogenated alkanes) is 27. The van der Waals surface area contributed by atoms with Gasteiger partial charge in [0.2, 0.25) is 0 Å². The van der Waals surface area contributed by atoms with Gasteiger partial charge in [-0.2, -0.15) is 0 Å². The summed E-state index contributed by atoms with van der Waals surface area (Å²) in [6.45, 7) is 6.94. The molecule has 0 saturated carbocycles. The van der Waals surface area contributed by atoms with Crippen LogP contribution in [0.2, 0.25) is 0 Å². The molecule has 1 aromatic rings. The number of aryl methyl sites for hydroxylation is 2. The number of hydrogen-bond donors (Lipinski definition) is 0. The van der Waals surface area contributed by atoms with Crippen LogP contribution in [0.4, 0.5) is 0 Å². The predicted octanol–water partition coefficient (Wildman–Crippen LogP) is 14.9. The molecule has 0 fully saturated rings. The summed E-state index contributed by atoms with van der Waals surface area (Å²) in [6.07, 6.45) is 46.7. The van der Waals surface area contributed by atoms with Crippen LogP contribution in [0.5, 0.6) is 0 Å². The fourth-order valence-electron chi connectivity index (χ4n) is 6.79. The van der Waals surface area contributed by atoms with Crippen molar-refractivity contribution in [1.29, 1.82) is 0 Å². The SMILES string of the molecule is CCCCCCCCCCCCc1c[c]cc(CCCCCCCCCCCC)c1CCCCCCCCCCCC. The van der Waals surface area contributed by atoms with Gasteiger partial charge in [0, 0.05) is 0 Å². The summed E-state index contributed by atoms with van der Waals surface area (Å²) in [5, 5.41) is 0. The molecule has 0 aromatic heterocycles. The Morgan fingerprint density at radius 1 is 0.310 bits per heavy atom. The molecule has 0 aliphatic carbocycles. The first kappa shape index (κ1) is 39.2. The first-order valence-corrected chi connectivity index (χ1v) is 19.8. The van der Waals surface area contributed by atoms with Gasteiger partial charge in [0.05, 0.1) is 0 Å². The molecule has 0 spiro atoms. The summed E-state index contributed by atoms with van der Waals surface area (Å²) < 4.78 is 0. The van der Waals surface area contributed by atoms with E-state index in [2.05, 4.69) is 39.0 Å². The zero-order chi connectivity index (χ0) is 30.2. The average molecular weight is 582 g/mol. The Balaban J connectivity index is 2.41. The molecule has 1 aromatic carbocycles. The van der Waals surface area contributed by atoms with E-state index in [1.54, 1.807) is 16.7 Å². The molecule has 1 rings (SSSR count). The van der Waals surface area contributed by atoms with Crippen molar-refractivity contribution in [2.24, 2.45) is 0 Å². The quantitative estimate of drug-likeness (QED) is 0.0724. The van der Waals surface area contributed by atoms with Crippen molar-refractivity contribution >= 4 is 0 Å². The summed E-state index contributed by atoms with van der Waals surface area (Å²) in [6, 6.07) is 8.31. The largest absolute Gasteiger partial charge is 0.0654 e. The maximum Gasteiger partial charge on any atom is -0.0178 e. The minimum atomic E-state index is 1.28. The van der Waals surface area contributed by atoms with E-state index in [0.717, 1.165) is 0 Å². The van der Waals surface area contributed by atoms with Gasteiger partial charge in [0.1, 0.15) is 0 Å². The highest BCUT2D eigenvalue weighted by Crippen LogP contribution is 2.24. The molecule has 0 aliphatic heterocycles. The van der Waals surface area contributed by atoms with E-state index in [-0.39, 0.29) is 0 Å². The van der Waals surface area contributed by atoms with Crippen LogP contribution >= 0.6 is 0 Å². The van der Waals surface area contributed by atoms with Gasteiger partial charge in [-0.1, -0.05) is 206 Å². The molecule has 42 heavy (non-hydrogen) atoms. The molecule has 0 bridgehead atoms. The molecule has 0 amide bonds. The summed E-state index contributed by atoms with van der Waals surface area (Å²) in [5.74, 6) is 0. The third kappa shape index (κ3) is 23.6. The van der Waals surface area contributed by atoms with Gasteiger partial charge in [-0.3, -0.25) is 0 Å². The lowest BCUT2D eigenvalue weighted by Gasteiger charge is -2.15. The van der Waals surface area contributed by atoms with Gasteiger partial charge in [-0.15, -0.1) is 0 Å². The number of hydrogen-bond acceptors (Lipinski definition) is 0. The highest BCUT2D eigenvalue weighted by Gasteiger charge is 2.09. The van der Waals surface area contributed by atoms with E-state index in [0.29, 0.717) is 0 Å². The van der Waals surface area contributed by atoms with Crippen LogP contribution in [-0.2, 0) is 19.3 Å². The Bertz CT molecular complexity index is 616. The van der Waals surface area contributed by atoms with Crippen molar-refractivity contribution in [3.05, 3.63) is 34.9 Å². The Kier molecular flexibility index (Phi) is 29.6. The smallest absolute Gasteiger partial charge is 0.0178 e. The normalized spacial score (nSPS) is 11.5. The minimum Gasteiger partial charge on any atom is -0.0654 e. The van der Waals surface area contributed by atoms with Crippen molar-refractivity contribution in [2.75, 3.05) is 0 Å². The maximum atomic E-state index is 3.58. The number of benzene rings is 1. The molecule has 0 unspecified atom stereocenters. The predicted molar refractivity (Wildman–Crippen MR) is 192 cm³/mol. The standard InChI is InChI=1S/C42H77/c1-4-7-10-13-16-19-22-25-28-31-35-40-37-34-38-41(36-32-29-26-23-20-17-14-11-8-5-2)42(40)39-33-30-27-24-21-18-15-12-9-6-3/h37-38H,4-33,35-36,39H2,1-3H3. The lowest BCUT2D eigenvalue weighted by atomic mass is 9.90. The van der Waals surface area contributed by atoms with Crippen LogP contribution in [0.3, 0.4) is 0 Å². The molecule has 0 aliphatic rings. The van der Waals surface area contributed by atoms with Crippen molar-refractivity contribution in [3.63, 3.8) is 0 Å². The fourth-order valence-corrected chi connectivity index (χ4v) is 6.79. The Hall–Kier alpha value is -0.780. The van der Waals surface area contributed by atoms with E-state index in [1.807, 2.05) is 0 Å². The average Bonchev–Trinajstić information content (AvgIpc) is 3.00. The Labute approximate surface area is 267 Å². The summed E-state index contributed by atoms with van der Waals surface area (Å²) >= 11 is 0. The molecule has 0 nitrogen and oxygen atoms in total. The van der Waals surface area contributed by atoms with Gasteiger partial charge in [-0.05, 0) is 61.3 Å². The zero-order valence-corrected chi connectivity index (χ0v) is 29.5. The molecule has 0 saturated heterocycles. The summed E-state index contributed by atoms with van der Waals surface area (Å²) in [5.41, 5.74) is 5.03. The molecule has 1 radical (unpaired) electrons. The molecule has 0 heterocycles. The lowest BCUT2D eigenvalue weighted by molar-refractivity contribution is 0.551. The van der Waals surface area contributed by atoms with Gasteiger partial charge >= 0.3 is 0 Å². The molecular formula is C42H77. The monoisotopic (exact) mass is 582 g/mol. The van der Waals surface area contributed by atoms with E-state index in [1.165, 1.54) is 212 Å². The molecule has 0 heteroatoms. The van der Waals surface area contributed by atoms with Crippen LogP contribution in [0.1, 0.15) is 230 Å². The van der Waals surface area contributed by atoms with Gasteiger partial charge in [0.15, 0.2) is 0 Å². The van der Waals surface area contributed by atoms with Crippen LogP contribution in [0.15, 0.2) is 12.1 Å².